The van der Waals surface area contributed by atoms with Crippen molar-refractivity contribution in [3.8, 4) is 0 Å². The molecule has 1 fully saturated rings. The number of halogens is 1. The van der Waals surface area contributed by atoms with Crippen molar-refractivity contribution in [3.05, 3.63) is 23.7 Å². The second-order valence-electron chi connectivity index (χ2n) is 4.32. The summed E-state index contributed by atoms with van der Waals surface area (Å²) >= 11 is 6.00. The van der Waals surface area contributed by atoms with Crippen molar-refractivity contribution in [2.75, 3.05) is 0 Å². The van der Waals surface area contributed by atoms with Gasteiger partial charge in [-0.1, -0.05) is 11.6 Å². The maximum atomic E-state index is 10.5. The van der Waals surface area contributed by atoms with Crippen molar-refractivity contribution in [1.82, 2.24) is 14.5 Å². The van der Waals surface area contributed by atoms with Crippen molar-refractivity contribution in [2.24, 2.45) is 0 Å². The SMILES string of the molecule is O=CCC1CCC(n2ccc3c(Cl)ncnc32)O1. The summed E-state index contributed by atoms with van der Waals surface area (Å²) in [6.07, 6.45) is 6.41. The second-order valence-corrected chi connectivity index (χ2v) is 4.68. The van der Waals surface area contributed by atoms with Crippen LogP contribution in [0.2, 0.25) is 5.15 Å². The average molecular weight is 266 g/mol. The molecule has 0 bridgehead atoms. The van der Waals surface area contributed by atoms with E-state index < -0.39 is 0 Å². The Morgan fingerprint density at radius 3 is 3.22 bits per heavy atom. The average Bonchev–Trinajstić information content (AvgIpc) is 2.96. The van der Waals surface area contributed by atoms with Gasteiger partial charge in [0.2, 0.25) is 0 Å². The van der Waals surface area contributed by atoms with Gasteiger partial charge in [0.15, 0.2) is 0 Å². The molecule has 0 aromatic carbocycles. The van der Waals surface area contributed by atoms with E-state index in [0.29, 0.717) is 11.6 Å². The summed E-state index contributed by atoms with van der Waals surface area (Å²) in [5.41, 5.74) is 0.770. The van der Waals surface area contributed by atoms with E-state index in [2.05, 4.69) is 9.97 Å². The lowest BCUT2D eigenvalue weighted by molar-refractivity contribution is -0.110. The Labute approximate surface area is 109 Å². The minimum atomic E-state index is -0.0709. The van der Waals surface area contributed by atoms with Gasteiger partial charge < -0.3 is 14.1 Å². The second kappa shape index (κ2) is 4.66. The number of rotatable bonds is 3. The zero-order chi connectivity index (χ0) is 12.5. The molecule has 2 atom stereocenters. The van der Waals surface area contributed by atoms with Gasteiger partial charge in [-0.3, -0.25) is 0 Å². The molecule has 18 heavy (non-hydrogen) atoms. The highest BCUT2D eigenvalue weighted by Gasteiger charge is 2.27. The lowest BCUT2D eigenvalue weighted by atomic mass is 10.2. The zero-order valence-corrected chi connectivity index (χ0v) is 10.4. The number of hydrogen-bond acceptors (Lipinski definition) is 4. The van der Waals surface area contributed by atoms with Crippen LogP contribution in [0.25, 0.3) is 11.0 Å². The van der Waals surface area contributed by atoms with Gasteiger partial charge in [-0.25, -0.2) is 9.97 Å². The van der Waals surface area contributed by atoms with Crippen LogP contribution in [0, 0.1) is 0 Å². The summed E-state index contributed by atoms with van der Waals surface area (Å²) in [6.45, 7) is 0. The summed E-state index contributed by atoms with van der Waals surface area (Å²) in [6, 6.07) is 1.88. The maximum Gasteiger partial charge on any atom is 0.146 e. The Kier molecular flexibility index (Phi) is 3.01. The molecule has 1 aliphatic heterocycles. The minimum absolute atomic E-state index is 0.0160. The first-order valence-corrected chi connectivity index (χ1v) is 6.23. The normalized spacial score (nSPS) is 23.6. The number of carbonyl (C=O) groups is 1. The summed E-state index contributed by atoms with van der Waals surface area (Å²) in [5, 5.41) is 1.27. The van der Waals surface area contributed by atoms with Gasteiger partial charge in [0.05, 0.1) is 11.5 Å². The fraction of sp³-hybridized carbons (Fsp3) is 0.417. The van der Waals surface area contributed by atoms with Crippen LogP contribution in [0.15, 0.2) is 18.6 Å². The maximum absolute atomic E-state index is 10.5. The summed E-state index contributed by atoms with van der Waals surface area (Å²) in [5.74, 6) is 0. The van der Waals surface area contributed by atoms with Crippen LogP contribution in [0.3, 0.4) is 0 Å². The monoisotopic (exact) mass is 265 g/mol. The molecule has 0 amide bonds. The Hall–Kier alpha value is -1.46. The van der Waals surface area contributed by atoms with Gasteiger partial charge in [0, 0.05) is 12.6 Å². The van der Waals surface area contributed by atoms with Crippen LogP contribution < -0.4 is 0 Å². The number of ether oxygens (including phenoxy) is 1. The molecule has 3 heterocycles. The van der Waals surface area contributed by atoms with Crippen LogP contribution in [0.4, 0.5) is 0 Å². The van der Waals surface area contributed by atoms with Crippen LogP contribution in [0.5, 0.6) is 0 Å². The van der Waals surface area contributed by atoms with E-state index in [9.17, 15) is 4.79 Å². The number of hydrogen-bond donors (Lipinski definition) is 0. The molecule has 2 aromatic heterocycles. The first kappa shape index (κ1) is 11.6. The topological polar surface area (TPSA) is 57.0 Å². The fourth-order valence-electron chi connectivity index (χ4n) is 2.34. The molecular weight excluding hydrogens is 254 g/mol. The quantitative estimate of drug-likeness (QED) is 0.631. The number of aromatic nitrogens is 3. The van der Waals surface area contributed by atoms with Gasteiger partial charge in [0.1, 0.15) is 29.6 Å². The third-order valence-electron chi connectivity index (χ3n) is 3.22. The first-order valence-electron chi connectivity index (χ1n) is 5.85. The fourth-order valence-corrected chi connectivity index (χ4v) is 2.54. The van der Waals surface area contributed by atoms with E-state index in [1.165, 1.54) is 6.33 Å². The lowest BCUT2D eigenvalue weighted by Crippen LogP contribution is -2.11. The molecule has 3 rings (SSSR count). The predicted octanol–water partition coefficient (Wildman–Crippen LogP) is 2.35. The summed E-state index contributed by atoms with van der Waals surface area (Å²) < 4.78 is 7.77. The molecule has 0 N–H and O–H groups in total. The molecule has 94 valence electrons. The smallest absolute Gasteiger partial charge is 0.146 e. The third kappa shape index (κ3) is 1.89. The molecule has 0 spiro atoms. The summed E-state index contributed by atoms with van der Waals surface area (Å²) in [7, 11) is 0. The van der Waals surface area contributed by atoms with Crippen molar-refractivity contribution in [2.45, 2.75) is 31.6 Å². The Balaban J connectivity index is 1.91. The lowest BCUT2D eigenvalue weighted by Gasteiger charge is -2.14. The highest BCUT2D eigenvalue weighted by molar-refractivity contribution is 6.33. The molecule has 0 aliphatic carbocycles. The molecule has 2 unspecified atom stereocenters. The van der Waals surface area contributed by atoms with E-state index in [-0.39, 0.29) is 12.3 Å². The standard InChI is InChI=1S/C12H12ClN3O2/c13-11-9-3-5-16(12(9)15-7-14-11)10-2-1-8(18-10)4-6-17/h3,5-8,10H,1-2,4H2. The van der Waals surface area contributed by atoms with Crippen molar-refractivity contribution in [3.63, 3.8) is 0 Å². The van der Waals surface area contributed by atoms with E-state index >= 15 is 0 Å². The van der Waals surface area contributed by atoms with Crippen molar-refractivity contribution >= 4 is 28.9 Å². The van der Waals surface area contributed by atoms with Gasteiger partial charge in [-0.05, 0) is 18.9 Å². The van der Waals surface area contributed by atoms with Crippen molar-refractivity contribution < 1.29 is 9.53 Å². The van der Waals surface area contributed by atoms with Crippen LogP contribution in [-0.4, -0.2) is 26.9 Å². The summed E-state index contributed by atoms with van der Waals surface area (Å²) in [4.78, 5) is 18.7. The molecular formula is C12H12ClN3O2. The van der Waals surface area contributed by atoms with Gasteiger partial charge in [-0.2, -0.15) is 0 Å². The number of aldehydes is 1. The Bertz CT molecular complexity index is 584. The largest absolute Gasteiger partial charge is 0.354 e. The Morgan fingerprint density at radius 1 is 1.50 bits per heavy atom. The third-order valence-corrected chi connectivity index (χ3v) is 3.52. The molecule has 5 nitrogen and oxygen atoms in total. The first-order chi connectivity index (χ1) is 8.79. The predicted molar refractivity (Wildman–Crippen MR) is 66.4 cm³/mol. The van der Waals surface area contributed by atoms with Crippen LogP contribution in [-0.2, 0) is 9.53 Å². The zero-order valence-electron chi connectivity index (χ0n) is 9.62. The van der Waals surface area contributed by atoms with E-state index in [4.69, 9.17) is 16.3 Å². The highest BCUT2D eigenvalue weighted by Crippen LogP contribution is 2.32. The molecule has 0 saturated carbocycles. The van der Waals surface area contributed by atoms with E-state index in [0.717, 1.165) is 30.2 Å². The number of fused-ring (bicyclic) bond motifs is 1. The van der Waals surface area contributed by atoms with Gasteiger partial charge >= 0.3 is 0 Å². The Morgan fingerprint density at radius 2 is 2.39 bits per heavy atom. The van der Waals surface area contributed by atoms with E-state index in [1.54, 1.807) is 0 Å². The number of nitrogens with zero attached hydrogens (tertiary/aromatic N) is 3. The highest BCUT2D eigenvalue weighted by atomic mass is 35.5. The van der Waals surface area contributed by atoms with Crippen molar-refractivity contribution in [1.29, 1.82) is 0 Å². The molecule has 6 heteroatoms. The van der Waals surface area contributed by atoms with Gasteiger partial charge in [-0.15, -0.1) is 0 Å². The molecule has 0 radical (unpaired) electrons. The van der Waals surface area contributed by atoms with Crippen LogP contribution in [0.1, 0.15) is 25.5 Å². The molecule has 2 aromatic rings. The number of carbonyl (C=O) groups excluding carboxylic acids is 1. The molecule has 1 aliphatic rings. The van der Waals surface area contributed by atoms with Gasteiger partial charge in [0.25, 0.3) is 0 Å². The minimum Gasteiger partial charge on any atom is -0.354 e. The van der Waals surface area contributed by atoms with Crippen LogP contribution >= 0.6 is 11.6 Å². The molecule has 1 saturated heterocycles. The van der Waals surface area contributed by atoms with E-state index in [1.807, 2.05) is 16.8 Å².